The number of carbonyl (C=O) groups is 1. The lowest BCUT2D eigenvalue weighted by atomic mass is 10.1. The third kappa shape index (κ3) is 24.9. The maximum atomic E-state index is 11.4. The summed E-state index contributed by atoms with van der Waals surface area (Å²) in [6.07, 6.45) is 21.0. The molecule has 0 aromatic heterocycles. The highest BCUT2D eigenvalue weighted by atomic mass is 16.5. The highest BCUT2D eigenvalue weighted by molar-refractivity contribution is 5.69. The molecular weight excluding hydrogens is 398 g/mol. The first-order chi connectivity index (χ1) is 15.6. The normalized spacial score (nSPS) is 10.8. The first-order valence-corrected chi connectivity index (χ1v) is 13.3. The van der Waals surface area contributed by atoms with Gasteiger partial charge in [0.1, 0.15) is 0 Å². The summed E-state index contributed by atoms with van der Waals surface area (Å²) >= 11 is 0. The number of carbonyl (C=O) groups excluding carboxylic acids is 1. The Morgan fingerprint density at radius 3 is 1.94 bits per heavy atom. The van der Waals surface area contributed by atoms with E-state index in [0.717, 1.165) is 38.8 Å². The molecule has 0 saturated carbocycles. The Morgan fingerprint density at radius 2 is 1.38 bits per heavy atom. The topological polar surface area (TPSA) is 58.8 Å². The van der Waals surface area contributed by atoms with Gasteiger partial charge in [-0.3, -0.25) is 4.79 Å². The largest absolute Gasteiger partial charge is 0.466 e. The van der Waals surface area contributed by atoms with Crippen LogP contribution in [0.1, 0.15) is 111 Å². The molecule has 0 atom stereocenters. The van der Waals surface area contributed by atoms with Gasteiger partial charge in [0.2, 0.25) is 0 Å². The second-order valence-corrected chi connectivity index (χ2v) is 8.08. The Labute approximate surface area is 200 Å². The molecule has 0 spiro atoms. The van der Waals surface area contributed by atoms with Crippen molar-refractivity contribution in [3.8, 4) is 0 Å². The lowest BCUT2D eigenvalue weighted by molar-refractivity contribution is -0.143. The Morgan fingerprint density at radius 1 is 0.844 bits per heavy atom. The third-order valence-corrected chi connectivity index (χ3v) is 5.27. The summed E-state index contributed by atoms with van der Waals surface area (Å²) in [7, 11) is 0. The third-order valence-electron chi connectivity index (χ3n) is 5.27. The molecule has 0 saturated heterocycles. The number of hydrogen-bond donors (Lipinski definition) is 1. The number of hydrazine groups is 1. The van der Waals surface area contributed by atoms with Crippen molar-refractivity contribution in [2.24, 2.45) is 5.84 Å². The average Bonchev–Trinajstić information content (AvgIpc) is 2.79. The standard InChI is InChI=1S/C25H49N3O2.C2H6/c1-4-7-8-9-10-13-16-21-27(23-18-24-28(26)20-5-2)22-17-14-11-12-15-19-25(29)30-6-3;1-2/h4-5,20H,1,6-19,21-24,26H2,2-3H3;1-2H3/b20-5-;. The molecule has 0 aliphatic carbocycles. The van der Waals surface area contributed by atoms with Crippen molar-refractivity contribution < 1.29 is 9.53 Å². The van der Waals surface area contributed by atoms with Crippen molar-refractivity contribution in [2.75, 3.05) is 32.8 Å². The molecule has 5 nitrogen and oxygen atoms in total. The molecule has 0 aromatic rings. The molecule has 0 aliphatic heterocycles. The van der Waals surface area contributed by atoms with Crippen LogP contribution in [0.3, 0.4) is 0 Å². The quantitative estimate of drug-likeness (QED) is 0.0639. The number of unbranched alkanes of at least 4 members (excludes halogenated alkanes) is 9. The summed E-state index contributed by atoms with van der Waals surface area (Å²) in [5, 5.41) is 1.78. The molecule has 0 radical (unpaired) electrons. The van der Waals surface area contributed by atoms with Crippen molar-refractivity contribution in [2.45, 2.75) is 111 Å². The van der Waals surface area contributed by atoms with Gasteiger partial charge in [-0.1, -0.05) is 64.5 Å². The molecule has 190 valence electrons. The van der Waals surface area contributed by atoms with Crippen molar-refractivity contribution in [3.05, 3.63) is 24.9 Å². The molecule has 0 bridgehead atoms. The molecule has 0 aliphatic rings. The van der Waals surface area contributed by atoms with Crippen LogP contribution in [-0.2, 0) is 9.53 Å². The zero-order valence-corrected chi connectivity index (χ0v) is 22.0. The van der Waals surface area contributed by atoms with E-state index in [4.69, 9.17) is 10.6 Å². The fourth-order valence-corrected chi connectivity index (χ4v) is 3.60. The Kier molecular flexibility index (Phi) is 28.4. The smallest absolute Gasteiger partial charge is 0.305 e. The van der Waals surface area contributed by atoms with Gasteiger partial charge in [0.05, 0.1) is 6.61 Å². The van der Waals surface area contributed by atoms with Crippen LogP contribution in [0.25, 0.3) is 0 Å². The highest BCUT2D eigenvalue weighted by Gasteiger charge is 2.06. The molecule has 32 heavy (non-hydrogen) atoms. The minimum absolute atomic E-state index is 0.0555. The van der Waals surface area contributed by atoms with Crippen molar-refractivity contribution >= 4 is 5.97 Å². The number of esters is 1. The van der Waals surface area contributed by atoms with E-state index in [1.807, 2.05) is 46.0 Å². The van der Waals surface area contributed by atoms with Crippen molar-refractivity contribution in [1.82, 2.24) is 9.91 Å². The SMILES string of the molecule is C=CCCCCCCCN(CCCCCCCC(=O)OCC)CCCN(N)/C=C\C.CC. The van der Waals surface area contributed by atoms with Crippen LogP contribution < -0.4 is 5.84 Å². The maximum Gasteiger partial charge on any atom is 0.305 e. The lowest BCUT2D eigenvalue weighted by Gasteiger charge is -2.23. The van der Waals surface area contributed by atoms with E-state index >= 15 is 0 Å². The number of nitrogens with two attached hydrogens (primary N) is 1. The van der Waals surface area contributed by atoms with Crippen LogP contribution in [0.2, 0.25) is 0 Å². The van der Waals surface area contributed by atoms with Gasteiger partial charge in [0, 0.05) is 19.2 Å². The van der Waals surface area contributed by atoms with Gasteiger partial charge in [-0.25, -0.2) is 5.84 Å². The number of rotatable bonds is 22. The molecule has 0 rings (SSSR count). The molecule has 0 unspecified atom stereocenters. The fraction of sp³-hybridized carbons (Fsp3) is 0.815. The summed E-state index contributed by atoms with van der Waals surface area (Å²) in [4.78, 5) is 14.0. The predicted molar refractivity (Wildman–Crippen MR) is 140 cm³/mol. The van der Waals surface area contributed by atoms with Gasteiger partial charge < -0.3 is 14.6 Å². The van der Waals surface area contributed by atoms with Crippen LogP contribution in [-0.4, -0.2) is 48.7 Å². The van der Waals surface area contributed by atoms with Gasteiger partial charge in [0.25, 0.3) is 0 Å². The van der Waals surface area contributed by atoms with Crippen LogP contribution in [0.5, 0.6) is 0 Å². The Balaban J connectivity index is 0. The van der Waals surface area contributed by atoms with Gasteiger partial charge in [-0.2, -0.15) is 0 Å². The summed E-state index contributed by atoms with van der Waals surface area (Å²) in [5.74, 6) is 5.89. The van der Waals surface area contributed by atoms with Crippen LogP contribution in [0.15, 0.2) is 24.9 Å². The first-order valence-electron chi connectivity index (χ1n) is 13.3. The zero-order chi connectivity index (χ0) is 24.3. The molecule has 0 amide bonds. The fourth-order valence-electron chi connectivity index (χ4n) is 3.60. The van der Waals surface area contributed by atoms with E-state index < -0.39 is 0 Å². The number of nitrogens with zero attached hydrogens (tertiary/aromatic N) is 2. The van der Waals surface area contributed by atoms with E-state index in [2.05, 4.69) is 11.5 Å². The monoisotopic (exact) mass is 453 g/mol. The number of allylic oxidation sites excluding steroid dienone is 2. The number of ether oxygens (including phenoxy) is 1. The predicted octanol–water partition coefficient (Wildman–Crippen LogP) is 6.84. The first kappa shape index (κ1) is 32.8. The summed E-state index contributed by atoms with van der Waals surface area (Å²) in [6.45, 7) is 16.5. The molecule has 5 heteroatoms. The molecular formula is C27H55N3O2. The summed E-state index contributed by atoms with van der Waals surface area (Å²) < 4.78 is 4.98. The maximum absolute atomic E-state index is 11.4. The Hall–Kier alpha value is -1.33. The van der Waals surface area contributed by atoms with E-state index in [-0.39, 0.29) is 5.97 Å². The van der Waals surface area contributed by atoms with Gasteiger partial charge >= 0.3 is 5.97 Å². The van der Waals surface area contributed by atoms with Gasteiger partial charge in [-0.15, -0.1) is 6.58 Å². The zero-order valence-electron chi connectivity index (χ0n) is 22.0. The molecule has 0 heterocycles. The van der Waals surface area contributed by atoms with E-state index in [1.165, 1.54) is 64.5 Å². The summed E-state index contributed by atoms with van der Waals surface area (Å²) in [6, 6.07) is 0. The van der Waals surface area contributed by atoms with Crippen LogP contribution >= 0.6 is 0 Å². The second-order valence-electron chi connectivity index (χ2n) is 8.08. The van der Waals surface area contributed by atoms with Crippen LogP contribution in [0.4, 0.5) is 0 Å². The number of hydrogen-bond acceptors (Lipinski definition) is 5. The molecule has 2 N–H and O–H groups in total. The average molecular weight is 454 g/mol. The van der Waals surface area contributed by atoms with Gasteiger partial charge in [-0.05, 0) is 72.0 Å². The second kappa shape index (κ2) is 27.7. The molecule has 0 aromatic carbocycles. The lowest BCUT2D eigenvalue weighted by Crippen LogP contribution is -2.32. The highest BCUT2D eigenvalue weighted by Crippen LogP contribution is 2.10. The van der Waals surface area contributed by atoms with E-state index in [0.29, 0.717) is 13.0 Å². The van der Waals surface area contributed by atoms with Crippen molar-refractivity contribution in [1.29, 1.82) is 0 Å². The van der Waals surface area contributed by atoms with Crippen molar-refractivity contribution in [3.63, 3.8) is 0 Å². The summed E-state index contributed by atoms with van der Waals surface area (Å²) in [5.41, 5.74) is 0. The van der Waals surface area contributed by atoms with E-state index in [1.54, 1.807) is 5.01 Å². The Bertz CT molecular complexity index is 427. The molecule has 0 fully saturated rings. The van der Waals surface area contributed by atoms with Gasteiger partial charge in [0.15, 0.2) is 0 Å². The minimum atomic E-state index is -0.0555. The van der Waals surface area contributed by atoms with Crippen LogP contribution in [0, 0.1) is 0 Å². The van der Waals surface area contributed by atoms with E-state index in [9.17, 15) is 4.79 Å². The minimum Gasteiger partial charge on any atom is -0.466 e.